The van der Waals surface area contributed by atoms with Crippen LogP contribution in [0.2, 0.25) is 0 Å². The molecule has 0 aromatic heterocycles. The number of hydrogen-bond donors (Lipinski definition) is 1. The molecule has 3 heteroatoms. The highest BCUT2D eigenvalue weighted by Gasteiger charge is 2.37. The smallest absolute Gasteiger partial charge is 0.331 e. The van der Waals surface area contributed by atoms with Crippen LogP contribution in [0.15, 0.2) is 91.0 Å². The fourth-order valence-electron chi connectivity index (χ4n) is 3.28. The van der Waals surface area contributed by atoms with Crippen LogP contribution in [-0.2, 0) is 4.79 Å². The maximum Gasteiger partial charge on any atom is 0.331 e. The van der Waals surface area contributed by atoms with Gasteiger partial charge in [-0.1, -0.05) is 72.8 Å². The minimum Gasteiger partial charge on any atom is -0.479 e. The Morgan fingerprint density at radius 1 is 0.857 bits per heavy atom. The summed E-state index contributed by atoms with van der Waals surface area (Å²) in [6, 6.07) is 19.6. The molecule has 28 heavy (non-hydrogen) atoms. The Balaban J connectivity index is 2.56. The van der Waals surface area contributed by atoms with Crippen LogP contribution in [0.5, 0.6) is 0 Å². The standard InChI is InChI=1S/C25H29NO2/c1-3-5-13-19-25(24(27)28,20-14-6-4-2)26-23(21-15-9-7-10-16-21)22-17-11-8-12-18-22/h3-4,7-12,15-18H,1-2,5-6,13-14,19-20H2,(H,27,28). The van der Waals surface area contributed by atoms with Crippen molar-refractivity contribution in [3.05, 3.63) is 97.1 Å². The first kappa shape index (κ1) is 21.4. The Hall–Kier alpha value is -2.94. The van der Waals surface area contributed by atoms with E-state index in [0.29, 0.717) is 12.8 Å². The van der Waals surface area contributed by atoms with Crippen molar-refractivity contribution >= 4 is 11.7 Å². The van der Waals surface area contributed by atoms with Crippen LogP contribution in [0.1, 0.15) is 49.7 Å². The summed E-state index contributed by atoms with van der Waals surface area (Å²) < 4.78 is 0. The van der Waals surface area contributed by atoms with Gasteiger partial charge >= 0.3 is 5.97 Å². The van der Waals surface area contributed by atoms with Gasteiger partial charge in [0.25, 0.3) is 0 Å². The quantitative estimate of drug-likeness (QED) is 0.278. The first-order valence-corrected chi connectivity index (χ1v) is 9.79. The predicted molar refractivity (Wildman–Crippen MR) is 117 cm³/mol. The topological polar surface area (TPSA) is 49.7 Å². The third kappa shape index (κ3) is 5.78. The summed E-state index contributed by atoms with van der Waals surface area (Å²) in [5, 5.41) is 10.2. The fourth-order valence-corrected chi connectivity index (χ4v) is 3.28. The molecule has 0 unspecified atom stereocenters. The molecule has 0 fully saturated rings. The van der Waals surface area contributed by atoms with Crippen molar-refractivity contribution in [2.75, 3.05) is 0 Å². The number of allylic oxidation sites excluding steroid dienone is 2. The Labute approximate surface area is 168 Å². The average Bonchev–Trinajstić information content (AvgIpc) is 2.73. The zero-order chi connectivity index (χ0) is 20.2. The van der Waals surface area contributed by atoms with E-state index in [2.05, 4.69) is 13.2 Å². The number of benzene rings is 2. The highest BCUT2D eigenvalue weighted by Crippen LogP contribution is 2.29. The number of carboxylic acids is 1. The van der Waals surface area contributed by atoms with Crippen LogP contribution < -0.4 is 0 Å². The van der Waals surface area contributed by atoms with Gasteiger partial charge in [-0.15, -0.1) is 13.2 Å². The van der Waals surface area contributed by atoms with Crippen molar-refractivity contribution in [2.45, 2.75) is 44.1 Å². The maximum atomic E-state index is 12.4. The van der Waals surface area contributed by atoms with E-state index in [1.54, 1.807) is 0 Å². The lowest BCUT2D eigenvalue weighted by atomic mass is 9.86. The number of carbonyl (C=O) groups is 1. The van der Waals surface area contributed by atoms with E-state index < -0.39 is 11.5 Å². The molecule has 0 radical (unpaired) electrons. The number of carboxylic acid groups (broad SMARTS) is 1. The van der Waals surface area contributed by atoms with Gasteiger partial charge in [-0.25, -0.2) is 4.79 Å². The van der Waals surface area contributed by atoms with E-state index in [9.17, 15) is 9.90 Å². The van der Waals surface area contributed by atoms with Gasteiger partial charge in [-0.05, 0) is 38.5 Å². The summed E-state index contributed by atoms with van der Waals surface area (Å²) in [6.45, 7) is 7.52. The maximum absolute atomic E-state index is 12.4. The van der Waals surface area contributed by atoms with E-state index >= 15 is 0 Å². The molecule has 0 heterocycles. The van der Waals surface area contributed by atoms with Crippen LogP contribution >= 0.6 is 0 Å². The number of hydrogen-bond acceptors (Lipinski definition) is 2. The number of aliphatic imine (C=N–C) groups is 1. The number of nitrogens with zero attached hydrogens (tertiary/aromatic N) is 1. The molecule has 0 bridgehead atoms. The summed E-state index contributed by atoms with van der Waals surface area (Å²) in [7, 11) is 0. The van der Waals surface area contributed by atoms with Crippen molar-refractivity contribution in [2.24, 2.45) is 4.99 Å². The lowest BCUT2D eigenvalue weighted by Crippen LogP contribution is -2.38. The summed E-state index contributed by atoms with van der Waals surface area (Å²) in [5.41, 5.74) is 1.41. The molecule has 146 valence electrons. The van der Waals surface area contributed by atoms with Crippen molar-refractivity contribution in [1.82, 2.24) is 0 Å². The van der Waals surface area contributed by atoms with Crippen LogP contribution in [0.25, 0.3) is 0 Å². The Kier molecular flexibility index (Phi) is 8.41. The summed E-state index contributed by atoms with van der Waals surface area (Å²) >= 11 is 0. The normalized spacial score (nSPS) is 10.9. The van der Waals surface area contributed by atoms with Gasteiger partial charge in [0, 0.05) is 11.1 Å². The molecule has 0 aliphatic heterocycles. The fraction of sp³-hybridized carbons (Fsp3) is 0.280. The Morgan fingerprint density at radius 2 is 1.29 bits per heavy atom. The van der Waals surface area contributed by atoms with Crippen LogP contribution in [0.4, 0.5) is 0 Å². The monoisotopic (exact) mass is 375 g/mol. The molecule has 0 saturated carbocycles. The van der Waals surface area contributed by atoms with E-state index in [4.69, 9.17) is 4.99 Å². The van der Waals surface area contributed by atoms with Gasteiger partial charge in [-0.3, -0.25) is 4.99 Å². The first-order valence-electron chi connectivity index (χ1n) is 9.79. The van der Waals surface area contributed by atoms with Gasteiger partial charge in [-0.2, -0.15) is 0 Å². The summed E-state index contributed by atoms with van der Waals surface area (Å²) in [4.78, 5) is 17.4. The molecule has 3 nitrogen and oxygen atoms in total. The van der Waals surface area contributed by atoms with Crippen LogP contribution in [0, 0.1) is 0 Å². The van der Waals surface area contributed by atoms with Crippen molar-refractivity contribution in [3.63, 3.8) is 0 Å². The summed E-state index contributed by atoms with van der Waals surface area (Å²) in [5.74, 6) is -0.870. The SMILES string of the molecule is C=CCCCC(CCCC=C)(N=C(c1ccccc1)c1ccccc1)C(=O)O. The molecule has 2 rings (SSSR count). The van der Waals surface area contributed by atoms with Gasteiger partial charge in [0.1, 0.15) is 0 Å². The predicted octanol–water partition coefficient (Wildman–Crippen LogP) is 6.06. The molecule has 0 spiro atoms. The zero-order valence-electron chi connectivity index (χ0n) is 16.4. The van der Waals surface area contributed by atoms with Gasteiger partial charge in [0.15, 0.2) is 5.54 Å². The Morgan fingerprint density at radius 3 is 1.64 bits per heavy atom. The minimum atomic E-state index is -1.16. The third-order valence-electron chi connectivity index (χ3n) is 4.82. The van der Waals surface area contributed by atoms with Crippen LogP contribution in [0.3, 0.4) is 0 Å². The average molecular weight is 376 g/mol. The highest BCUT2D eigenvalue weighted by molar-refractivity contribution is 6.13. The van der Waals surface area contributed by atoms with E-state index in [1.165, 1.54) is 0 Å². The lowest BCUT2D eigenvalue weighted by Gasteiger charge is -2.27. The first-order chi connectivity index (χ1) is 13.6. The van der Waals surface area contributed by atoms with Crippen molar-refractivity contribution < 1.29 is 9.90 Å². The molecule has 0 atom stereocenters. The van der Waals surface area contributed by atoms with E-state index in [1.807, 2.05) is 72.8 Å². The van der Waals surface area contributed by atoms with Gasteiger partial charge in [0.2, 0.25) is 0 Å². The van der Waals surface area contributed by atoms with Gasteiger partial charge < -0.3 is 5.11 Å². The molecule has 0 aliphatic rings. The van der Waals surface area contributed by atoms with Gasteiger partial charge in [0.05, 0.1) is 5.71 Å². The molecule has 2 aromatic rings. The third-order valence-corrected chi connectivity index (χ3v) is 4.82. The van der Waals surface area contributed by atoms with Crippen molar-refractivity contribution in [1.29, 1.82) is 0 Å². The second kappa shape index (κ2) is 11.0. The largest absolute Gasteiger partial charge is 0.479 e. The molecular formula is C25H29NO2. The second-order valence-electron chi connectivity index (χ2n) is 6.89. The molecule has 0 saturated heterocycles. The molecule has 1 N–H and O–H groups in total. The molecule has 0 amide bonds. The Bertz CT molecular complexity index is 738. The lowest BCUT2D eigenvalue weighted by molar-refractivity contribution is -0.143. The number of rotatable bonds is 12. The zero-order valence-corrected chi connectivity index (χ0v) is 16.4. The summed E-state index contributed by atoms with van der Waals surface area (Å²) in [6.07, 6.45) is 7.65. The molecule has 2 aromatic carbocycles. The molecular weight excluding hydrogens is 346 g/mol. The minimum absolute atomic E-state index is 0.481. The number of unbranched alkanes of at least 4 members (excludes halogenated alkanes) is 2. The van der Waals surface area contributed by atoms with E-state index in [0.717, 1.165) is 42.5 Å². The highest BCUT2D eigenvalue weighted by atomic mass is 16.4. The second-order valence-corrected chi connectivity index (χ2v) is 6.89. The van der Waals surface area contributed by atoms with Crippen LogP contribution in [-0.4, -0.2) is 22.3 Å². The number of aliphatic carboxylic acids is 1. The molecule has 0 aliphatic carbocycles. The van der Waals surface area contributed by atoms with Crippen molar-refractivity contribution in [3.8, 4) is 0 Å². The van der Waals surface area contributed by atoms with E-state index in [-0.39, 0.29) is 0 Å².